The fraction of sp³-hybridized carbons (Fsp3) is 0.739. The van der Waals surface area contributed by atoms with Crippen molar-refractivity contribution in [2.45, 2.75) is 202 Å². The van der Waals surface area contributed by atoms with Gasteiger partial charge in [-0.2, -0.15) is 0 Å². The first-order chi connectivity index (χ1) is 30.6. The van der Waals surface area contributed by atoms with E-state index in [1.807, 2.05) is 0 Å². The quantitative estimate of drug-likeness (QED) is 0.0300. The lowest BCUT2D eigenvalue weighted by atomic mass is 9.91. The van der Waals surface area contributed by atoms with Crippen molar-refractivity contribution in [1.29, 1.82) is 0 Å². The molecule has 0 spiro atoms. The summed E-state index contributed by atoms with van der Waals surface area (Å²) in [5.74, 6) is -1.35. The zero-order valence-electron chi connectivity index (χ0n) is 37.9. The normalized spacial score (nSPS) is 25.0. The van der Waals surface area contributed by atoms with Gasteiger partial charge in [-0.1, -0.05) is 50.3 Å². The number of aromatic hydroxyl groups is 1. The summed E-state index contributed by atoms with van der Waals surface area (Å²) < 4.78 is 11.3. The molecule has 0 aliphatic carbocycles. The fourth-order valence-electron chi connectivity index (χ4n) is 7.59. The number of benzene rings is 1. The van der Waals surface area contributed by atoms with Gasteiger partial charge in [0.2, 0.25) is 5.91 Å². The molecule has 1 saturated heterocycles. The van der Waals surface area contributed by atoms with Crippen LogP contribution in [0.1, 0.15) is 103 Å². The summed E-state index contributed by atoms with van der Waals surface area (Å²) in [6.45, 7) is 5.13. The highest BCUT2D eigenvalue weighted by Crippen LogP contribution is 2.26. The minimum atomic E-state index is -1.54. The van der Waals surface area contributed by atoms with E-state index in [1.165, 1.54) is 43.4 Å². The molecule has 65 heavy (non-hydrogen) atoms. The second-order valence-corrected chi connectivity index (χ2v) is 17.6. The number of phenolic OH excluding ortho intramolecular Hbond substituents is 1. The van der Waals surface area contributed by atoms with Gasteiger partial charge in [0, 0.05) is 31.7 Å². The van der Waals surface area contributed by atoms with Gasteiger partial charge in [0.1, 0.15) is 29.8 Å². The molecule has 17 unspecified atom stereocenters. The third-order valence-corrected chi connectivity index (χ3v) is 11.5. The van der Waals surface area contributed by atoms with Crippen molar-refractivity contribution < 1.29 is 85.4 Å². The monoisotopic (exact) mass is 931 g/mol. The molecule has 17 atom stereocenters. The molecule has 16 N–H and O–H groups in total. The summed E-state index contributed by atoms with van der Waals surface area (Å²) in [4.78, 5) is 25.2. The third-order valence-electron chi connectivity index (χ3n) is 11.5. The van der Waals surface area contributed by atoms with E-state index in [0.717, 1.165) is 5.56 Å². The molecule has 19 nitrogen and oxygen atoms in total. The highest BCUT2D eigenvalue weighted by Gasteiger charge is 2.44. The Balaban J connectivity index is 1.60. The summed E-state index contributed by atoms with van der Waals surface area (Å²) in [5, 5.41) is 136. The van der Waals surface area contributed by atoms with E-state index in [1.54, 1.807) is 26.0 Å². The number of hydrogen-bond acceptors (Lipinski definition) is 18. The van der Waals surface area contributed by atoms with E-state index < -0.39 is 104 Å². The summed E-state index contributed by atoms with van der Waals surface area (Å²) in [6.07, 6.45) is -10.5. The van der Waals surface area contributed by atoms with Crippen molar-refractivity contribution in [1.82, 2.24) is 5.32 Å². The molecular formula is C46H78N2O17. The first-order valence-electron chi connectivity index (χ1n) is 22.7. The van der Waals surface area contributed by atoms with Crippen LogP contribution in [0.5, 0.6) is 5.75 Å². The van der Waals surface area contributed by atoms with Crippen LogP contribution in [-0.2, 0) is 25.5 Å². The molecule has 2 rings (SSSR count). The van der Waals surface area contributed by atoms with Crippen LogP contribution in [0.25, 0.3) is 0 Å². The molecule has 374 valence electrons. The van der Waals surface area contributed by atoms with Crippen LogP contribution in [0.3, 0.4) is 0 Å². The van der Waals surface area contributed by atoms with Crippen molar-refractivity contribution >= 4 is 11.7 Å². The van der Waals surface area contributed by atoms with Crippen LogP contribution in [0.15, 0.2) is 48.6 Å². The molecule has 0 saturated carbocycles. The summed E-state index contributed by atoms with van der Waals surface area (Å²) in [5.41, 5.74) is 6.76. The van der Waals surface area contributed by atoms with E-state index in [2.05, 4.69) is 5.32 Å². The SMILES string of the molecule is CCC(OC1OC(C)C(O)C(O)C1O)C(C)C(=O)CC(O)CC(O)CC(O)/C=C/CC(O)CC(O)CC(O)CC(O)/C=C/CC(O)CC(O)CCCNC(=O)C(N)Cc1ccc(O)cc1. The third kappa shape index (κ3) is 23.1. The van der Waals surface area contributed by atoms with Gasteiger partial charge in [0.05, 0.1) is 73.2 Å². The van der Waals surface area contributed by atoms with Gasteiger partial charge in [0.25, 0.3) is 0 Å². The van der Waals surface area contributed by atoms with E-state index >= 15 is 0 Å². The minimum absolute atomic E-state index is 0.0358. The first-order valence-corrected chi connectivity index (χ1v) is 22.7. The molecule has 1 aliphatic heterocycles. The van der Waals surface area contributed by atoms with Crippen molar-refractivity contribution in [2.75, 3.05) is 6.54 Å². The Morgan fingerprint density at radius 1 is 0.738 bits per heavy atom. The van der Waals surface area contributed by atoms with Crippen molar-refractivity contribution in [2.24, 2.45) is 11.7 Å². The molecule has 19 heteroatoms. The van der Waals surface area contributed by atoms with Crippen LogP contribution >= 0.6 is 0 Å². The van der Waals surface area contributed by atoms with E-state index in [9.17, 15) is 76.0 Å². The molecule has 1 aromatic carbocycles. The molecule has 1 aliphatic rings. The number of amides is 1. The Bertz CT molecular complexity index is 1540. The van der Waals surface area contributed by atoms with Gasteiger partial charge in [0.15, 0.2) is 6.29 Å². The second kappa shape index (κ2) is 30.4. The molecule has 0 aromatic heterocycles. The number of nitrogens with one attached hydrogen (secondary N) is 1. The number of aliphatic hydroxyl groups is 12. The van der Waals surface area contributed by atoms with E-state index in [-0.39, 0.29) is 75.2 Å². The maximum absolute atomic E-state index is 12.9. The maximum atomic E-state index is 12.9. The first kappa shape index (κ1) is 58.2. The number of ether oxygens (including phenoxy) is 2. The van der Waals surface area contributed by atoms with Crippen LogP contribution in [0.4, 0.5) is 0 Å². The Kier molecular flexibility index (Phi) is 27.2. The summed E-state index contributed by atoms with van der Waals surface area (Å²) in [7, 11) is 0. The Morgan fingerprint density at radius 2 is 1.25 bits per heavy atom. The van der Waals surface area contributed by atoms with Crippen molar-refractivity contribution in [3.05, 3.63) is 54.1 Å². The van der Waals surface area contributed by atoms with Crippen LogP contribution in [-0.4, -0.2) is 182 Å². The lowest BCUT2D eigenvalue weighted by molar-refractivity contribution is -0.306. The standard InChI is InChI=1S/C46H78N2O17/c1-4-41(65-46-44(62)43(61)42(60)27(3)64-46)26(2)40(59)25-38(58)24-37(57)22-33(53)11-6-10-32(52)21-36(56)23-35(55)20-31(51)9-5-8-30(50)19-34(54)12-7-17-48-45(63)39(47)18-28-13-15-29(49)16-14-28/h5-6,9,11,13-16,26-27,30-39,41-44,46,49-58,60-62H,4,7-8,10,12,17-25,47H2,1-3H3,(H,48,63)/b9-5+,11-6+. The second-order valence-electron chi connectivity index (χ2n) is 17.6. The number of hydrogen-bond donors (Lipinski definition) is 15. The van der Waals surface area contributed by atoms with Gasteiger partial charge < -0.3 is 86.9 Å². The molecule has 1 heterocycles. The zero-order valence-corrected chi connectivity index (χ0v) is 37.9. The summed E-state index contributed by atoms with van der Waals surface area (Å²) >= 11 is 0. The van der Waals surface area contributed by atoms with Crippen LogP contribution in [0.2, 0.25) is 0 Å². The Morgan fingerprint density at radius 3 is 1.80 bits per heavy atom. The number of phenols is 1. The maximum Gasteiger partial charge on any atom is 0.237 e. The lowest BCUT2D eigenvalue weighted by Gasteiger charge is -2.40. The topological polar surface area (TPSA) is 354 Å². The minimum Gasteiger partial charge on any atom is -0.508 e. The van der Waals surface area contributed by atoms with Gasteiger partial charge in [-0.15, -0.1) is 0 Å². The largest absolute Gasteiger partial charge is 0.508 e. The predicted molar refractivity (Wildman–Crippen MR) is 238 cm³/mol. The van der Waals surface area contributed by atoms with E-state index in [0.29, 0.717) is 32.2 Å². The number of carbonyl (C=O) groups excluding carboxylic acids is 2. The lowest BCUT2D eigenvalue weighted by Crippen LogP contribution is -2.58. The molecular weight excluding hydrogens is 853 g/mol. The molecule has 1 amide bonds. The van der Waals surface area contributed by atoms with Gasteiger partial charge in [-0.3, -0.25) is 9.59 Å². The number of carbonyl (C=O) groups is 2. The number of aliphatic hydroxyl groups excluding tert-OH is 12. The Hall–Kier alpha value is -2.96. The average molecular weight is 931 g/mol. The number of ketones is 1. The smallest absolute Gasteiger partial charge is 0.237 e. The van der Waals surface area contributed by atoms with Crippen molar-refractivity contribution in [3.8, 4) is 5.75 Å². The fourth-order valence-corrected chi connectivity index (χ4v) is 7.59. The predicted octanol–water partition coefficient (Wildman–Crippen LogP) is -1.14. The average Bonchev–Trinajstić information content (AvgIpc) is 3.22. The number of nitrogens with two attached hydrogens (primary N) is 1. The van der Waals surface area contributed by atoms with Crippen LogP contribution < -0.4 is 11.1 Å². The van der Waals surface area contributed by atoms with Gasteiger partial charge in [-0.05, 0) is 88.8 Å². The van der Waals surface area contributed by atoms with Gasteiger partial charge in [-0.25, -0.2) is 0 Å². The molecule has 1 fully saturated rings. The van der Waals surface area contributed by atoms with Crippen LogP contribution in [0, 0.1) is 5.92 Å². The molecule has 0 bridgehead atoms. The van der Waals surface area contributed by atoms with Gasteiger partial charge >= 0.3 is 0 Å². The molecule has 0 radical (unpaired) electrons. The Labute approximate surface area is 381 Å². The van der Waals surface area contributed by atoms with E-state index in [4.69, 9.17) is 15.2 Å². The molecule has 1 aromatic rings. The van der Waals surface area contributed by atoms with Crippen molar-refractivity contribution in [3.63, 3.8) is 0 Å². The highest BCUT2D eigenvalue weighted by molar-refractivity contribution is 5.82. The number of rotatable bonds is 32. The highest BCUT2D eigenvalue weighted by atomic mass is 16.7. The number of Topliss-reactive ketones (excluding diaryl/α,β-unsaturated/α-hetero) is 1. The zero-order chi connectivity index (χ0) is 48.8. The summed E-state index contributed by atoms with van der Waals surface area (Å²) in [6, 6.07) is 5.63.